The van der Waals surface area contributed by atoms with Crippen LogP contribution in [0.1, 0.15) is 11.1 Å². The highest BCUT2D eigenvalue weighted by molar-refractivity contribution is 8.26. The van der Waals surface area contributed by atoms with E-state index in [1.165, 1.54) is 12.1 Å². The Kier molecular flexibility index (Phi) is 5.49. The van der Waals surface area contributed by atoms with Gasteiger partial charge in [-0.25, -0.2) is 9.18 Å². The lowest BCUT2D eigenvalue weighted by Gasteiger charge is -2.23. The summed E-state index contributed by atoms with van der Waals surface area (Å²) in [5.41, 5.74) is 1.44. The van der Waals surface area contributed by atoms with Crippen LogP contribution in [0.5, 0.6) is 0 Å². The smallest absolute Gasteiger partial charge is 0.327 e. The van der Waals surface area contributed by atoms with E-state index in [4.69, 9.17) is 12.2 Å². The molecule has 132 valence electrons. The molecule has 1 N–H and O–H groups in total. The fourth-order valence-electron chi connectivity index (χ4n) is 2.59. The first-order chi connectivity index (χ1) is 12.5. The SMILES string of the molecule is O=C(O)[C@@H](Cc1ccccc1)N1C(=O)/C(=C\c2ccc(F)cc2)SC1=S. The van der Waals surface area contributed by atoms with E-state index in [-0.39, 0.29) is 16.6 Å². The first kappa shape index (κ1) is 18.3. The van der Waals surface area contributed by atoms with Crippen LogP contribution in [0.25, 0.3) is 6.08 Å². The van der Waals surface area contributed by atoms with Gasteiger partial charge in [0.05, 0.1) is 4.91 Å². The molecule has 2 aromatic carbocycles. The number of carbonyl (C=O) groups excluding carboxylic acids is 1. The number of amides is 1. The molecule has 7 heteroatoms. The zero-order valence-electron chi connectivity index (χ0n) is 13.5. The summed E-state index contributed by atoms with van der Waals surface area (Å²) in [6, 6.07) is 13.7. The van der Waals surface area contributed by atoms with Gasteiger partial charge in [0.2, 0.25) is 0 Å². The van der Waals surface area contributed by atoms with Crippen LogP contribution in [-0.4, -0.2) is 32.2 Å². The van der Waals surface area contributed by atoms with Crippen LogP contribution in [0.3, 0.4) is 0 Å². The molecule has 1 atom stereocenters. The van der Waals surface area contributed by atoms with E-state index in [1.807, 2.05) is 30.3 Å². The number of carbonyl (C=O) groups is 2. The third-order valence-corrected chi connectivity index (χ3v) is 5.19. The van der Waals surface area contributed by atoms with E-state index in [0.717, 1.165) is 22.2 Å². The molecule has 1 saturated heterocycles. The van der Waals surface area contributed by atoms with E-state index in [1.54, 1.807) is 18.2 Å². The van der Waals surface area contributed by atoms with Crippen molar-refractivity contribution in [3.63, 3.8) is 0 Å². The standard InChI is InChI=1S/C19H14FNO3S2/c20-14-8-6-13(7-9-14)11-16-17(22)21(19(25)26-16)15(18(23)24)10-12-4-2-1-3-5-12/h1-9,11,15H,10H2,(H,23,24)/b16-11+/t15-/m1/s1. The number of halogens is 1. The van der Waals surface area contributed by atoms with E-state index in [2.05, 4.69) is 0 Å². The van der Waals surface area contributed by atoms with Gasteiger partial charge in [-0.3, -0.25) is 9.69 Å². The average Bonchev–Trinajstić information content (AvgIpc) is 2.89. The second-order valence-electron chi connectivity index (χ2n) is 5.65. The fourth-order valence-corrected chi connectivity index (χ4v) is 3.94. The lowest BCUT2D eigenvalue weighted by atomic mass is 10.0. The van der Waals surface area contributed by atoms with Crippen LogP contribution in [-0.2, 0) is 16.0 Å². The largest absolute Gasteiger partial charge is 0.480 e. The molecule has 4 nitrogen and oxygen atoms in total. The third-order valence-electron chi connectivity index (χ3n) is 3.86. The zero-order chi connectivity index (χ0) is 18.7. The van der Waals surface area contributed by atoms with E-state index >= 15 is 0 Å². The number of nitrogens with zero attached hydrogens (tertiary/aromatic N) is 1. The van der Waals surface area contributed by atoms with Gasteiger partial charge in [0, 0.05) is 6.42 Å². The lowest BCUT2D eigenvalue weighted by molar-refractivity contribution is -0.145. The Balaban J connectivity index is 1.86. The molecule has 1 fully saturated rings. The maximum Gasteiger partial charge on any atom is 0.327 e. The Bertz CT molecular complexity index is 881. The van der Waals surface area contributed by atoms with Crippen molar-refractivity contribution in [2.24, 2.45) is 0 Å². The summed E-state index contributed by atoms with van der Waals surface area (Å²) in [7, 11) is 0. The Labute approximate surface area is 159 Å². The number of rotatable bonds is 5. The van der Waals surface area contributed by atoms with Crippen molar-refractivity contribution in [2.75, 3.05) is 0 Å². The predicted octanol–water partition coefficient (Wildman–Crippen LogP) is 3.72. The number of carboxylic acid groups (broad SMARTS) is 1. The molecule has 2 aromatic rings. The molecule has 1 aliphatic rings. The second kappa shape index (κ2) is 7.80. The Morgan fingerprint density at radius 3 is 2.46 bits per heavy atom. The number of aliphatic carboxylic acids is 1. The molecule has 0 bridgehead atoms. The van der Waals surface area contributed by atoms with Gasteiger partial charge in [0.15, 0.2) is 0 Å². The highest BCUT2D eigenvalue weighted by atomic mass is 32.2. The molecule has 0 unspecified atom stereocenters. The second-order valence-corrected chi connectivity index (χ2v) is 7.32. The fraction of sp³-hybridized carbons (Fsp3) is 0.105. The first-order valence-electron chi connectivity index (χ1n) is 7.75. The number of hydrogen-bond acceptors (Lipinski definition) is 4. The molecule has 0 saturated carbocycles. The van der Waals surface area contributed by atoms with Crippen molar-refractivity contribution in [3.05, 3.63) is 76.4 Å². The molecular weight excluding hydrogens is 373 g/mol. The maximum absolute atomic E-state index is 13.0. The molecular formula is C19H14FNO3S2. The van der Waals surface area contributed by atoms with Gasteiger partial charge >= 0.3 is 5.97 Å². The van der Waals surface area contributed by atoms with Crippen LogP contribution < -0.4 is 0 Å². The van der Waals surface area contributed by atoms with Crippen molar-refractivity contribution in [2.45, 2.75) is 12.5 Å². The van der Waals surface area contributed by atoms with Crippen LogP contribution in [0.4, 0.5) is 4.39 Å². The Morgan fingerprint density at radius 2 is 1.85 bits per heavy atom. The summed E-state index contributed by atoms with van der Waals surface area (Å²) >= 11 is 6.30. The highest BCUT2D eigenvalue weighted by Crippen LogP contribution is 2.34. The number of thioether (sulfide) groups is 1. The van der Waals surface area contributed by atoms with Crippen LogP contribution in [0, 0.1) is 5.82 Å². The zero-order valence-corrected chi connectivity index (χ0v) is 15.1. The molecule has 0 aromatic heterocycles. The molecule has 1 aliphatic heterocycles. The summed E-state index contributed by atoms with van der Waals surface area (Å²) in [6.45, 7) is 0. The molecule has 26 heavy (non-hydrogen) atoms. The van der Waals surface area contributed by atoms with E-state index in [0.29, 0.717) is 10.5 Å². The van der Waals surface area contributed by atoms with Crippen LogP contribution in [0.2, 0.25) is 0 Å². The lowest BCUT2D eigenvalue weighted by Crippen LogP contribution is -2.45. The number of thiocarbonyl (C=S) groups is 1. The summed E-state index contributed by atoms with van der Waals surface area (Å²) in [6.07, 6.45) is 1.74. The topological polar surface area (TPSA) is 57.6 Å². The third kappa shape index (κ3) is 4.00. The summed E-state index contributed by atoms with van der Waals surface area (Å²) < 4.78 is 13.2. The van der Waals surface area contributed by atoms with Gasteiger partial charge in [-0.05, 0) is 29.3 Å². The average molecular weight is 387 g/mol. The molecule has 0 aliphatic carbocycles. The molecule has 0 spiro atoms. The van der Waals surface area contributed by atoms with Crippen LogP contribution >= 0.6 is 24.0 Å². The van der Waals surface area contributed by atoms with Gasteiger partial charge in [0.25, 0.3) is 5.91 Å². The van der Waals surface area contributed by atoms with Crippen LogP contribution in [0.15, 0.2) is 59.5 Å². The molecule has 3 rings (SSSR count). The number of hydrogen-bond donors (Lipinski definition) is 1. The monoisotopic (exact) mass is 387 g/mol. The first-order valence-corrected chi connectivity index (χ1v) is 8.97. The van der Waals surface area contributed by atoms with Crippen molar-refractivity contribution < 1.29 is 19.1 Å². The normalized spacial score (nSPS) is 17.0. The Hall–Kier alpha value is -2.51. The summed E-state index contributed by atoms with van der Waals surface area (Å²) in [5, 5.41) is 9.61. The van der Waals surface area contributed by atoms with Crippen molar-refractivity contribution in [1.29, 1.82) is 0 Å². The number of carboxylic acids is 1. The minimum Gasteiger partial charge on any atom is -0.480 e. The molecule has 0 radical (unpaired) electrons. The van der Waals surface area contributed by atoms with Gasteiger partial charge < -0.3 is 5.11 Å². The molecule has 1 heterocycles. The van der Waals surface area contributed by atoms with Gasteiger partial charge in [0.1, 0.15) is 16.2 Å². The highest BCUT2D eigenvalue weighted by Gasteiger charge is 2.40. The van der Waals surface area contributed by atoms with E-state index in [9.17, 15) is 19.1 Å². The Morgan fingerprint density at radius 1 is 1.19 bits per heavy atom. The van der Waals surface area contributed by atoms with Gasteiger partial charge in [-0.15, -0.1) is 0 Å². The predicted molar refractivity (Wildman–Crippen MR) is 103 cm³/mol. The summed E-state index contributed by atoms with van der Waals surface area (Å²) in [5.74, 6) is -1.94. The minimum atomic E-state index is -1.12. The molecule has 1 amide bonds. The quantitative estimate of drug-likeness (QED) is 0.626. The van der Waals surface area contributed by atoms with Crippen molar-refractivity contribution >= 4 is 46.3 Å². The van der Waals surface area contributed by atoms with E-state index < -0.39 is 17.9 Å². The number of benzene rings is 2. The maximum atomic E-state index is 13.0. The van der Waals surface area contributed by atoms with Gasteiger partial charge in [-0.1, -0.05) is 66.4 Å². The van der Waals surface area contributed by atoms with Crippen molar-refractivity contribution in [1.82, 2.24) is 4.90 Å². The minimum absolute atomic E-state index is 0.159. The summed E-state index contributed by atoms with van der Waals surface area (Å²) in [4.78, 5) is 26.0. The van der Waals surface area contributed by atoms with Gasteiger partial charge in [-0.2, -0.15) is 0 Å². The van der Waals surface area contributed by atoms with Crippen molar-refractivity contribution in [3.8, 4) is 0 Å².